The van der Waals surface area contributed by atoms with Crippen LogP contribution in [0.1, 0.15) is 36.5 Å². The van der Waals surface area contributed by atoms with Crippen LogP contribution in [0, 0.1) is 0 Å². The Morgan fingerprint density at radius 3 is 2.19 bits per heavy atom. The Labute approximate surface area is 153 Å². The lowest BCUT2D eigenvalue weighted by molar-refractivity contribution is -0.127. The van der Waals surface area contributed by atoms with Crippen LogP contribution in [0.4, 0.5) is 5.69 Å². The minimum Gasteiger partial charge on any atom is -0.468 e. The van der Waals surface area contributed by atoms with Crippen molar-refractivity contribution < 1.29 is 9.53 Å². The van der Waals surface area contributed by atoms with Crippen LogP contribution in [-0.2, 0) is 10.4 Å². The van der Waals surface area contributed by atoms with Crippen LogP contribution in [-0.4, -0.2) is 5.91 Å². The number of amides is 1. The maximum Gasteiger partial charge on any atom is 0.278 e. The summed E-state index contributed by atoms with van der Waals surface area (Å²) in [6.07, 6.45) is 0. The average Bonchev–Trinajstić information content (AvgIpc) is 2.95. The van der Waals surface area contributed by atoms with Gasteiger partial charge in [-0.3, -0.25) is 4.79 Å². The third-order valence-electron chi connectivity index (χ3n) is 4.87. The minimum absolute atomic E-state index is 0.169. The number of nitrogens with one attached hydrogen (secondary N) is 1. The second kappa shape index (κ2) is 6.34. The zero-order chi connectivity index (χ0) is 18.1. The summed E-state index contributed by atoms with van der Waals surface area (Å²) in [5.41, 5.74) is 2.50. The highest BCUT2D eigenvalue weighted by Crippen LogP contribution is 2.44. The Morgan fingerprint density at radius 2 is 1.50 bits per heavy atom. The number of hydrogen-bond donors (Lipinski definition) is 1. The largest absolute Gasteiger partial charge is 0.468 e. The molecule has 1 atom stereocenters. The number of anilines is 1. The molecule has 4 rings (SSSR count). The quantitative estimate of drug-likeness (QED) is 0.717. The van der Waals surface area contributed by atoms with Gasteiger partial charge in [0.1, 0.15) is 5.75 Å². The van der Waals surface area contributed by atoms with Crippen molar-refractivity contribution in [1.82, 2.24) is 0 Å². The summed E-state index contributed by atoms with van der Waals surface area (Å²) in [5.74, 6) is 0.950. The molecule has 3 nitrogen and oxygen atoms in total. The Hall–Kier alpha value is -3.07. The van der Waals surface area contributed by atoms with Gasteiger partial charge in [0.2, 0.25) is 5.60 Å². The summed E-state index contributed by atoms with van der Waals surface area (Å²) in [6, 6.07) is 25.3. The van der Waals surface area contributed by atoms with E-state index in [4.69, 9.17) is 4.74 Å². The third-order valence-corrected chi connectivity index (χ3v) is 4.87. The van der Waals surface area contributed by atoms with Crippen LogP contribution < -0.4 is 10.1 Å². The van der Waals surface area contributed by atoms with Gasteiger partial charge in [-0.2, -0.15) is 0 Å². The topological polar surface area (TPSA) is 38.3 Å². The number of rotatable bonds is 4. The summed E-state index contributed by atoms with van der Waals surface area (Å²) in [6.45, 7) is 4.31. The van der Waals surface area contributed by atoms with Crippen LogP contribution in [0.15, 0.2) is 78.9 Å². The Morgan fingerprint density at radius 1 is 0.846 bits per heavy atom. The maximum absolute atomic E-state index is 13.1. The molecular formula is C23H21NO2. The van der Waals surface area contributed by atoms with Crippen molar-refractivity contribution in [2.45, 2.75) is 25.4 Å². The fourth-order valence-corrected chi connectivity index (χ4v) is 3.45. The van der Waals surface area contributed by atoms with Crippen LogP contribution in [0.3, 0.4) is 0 Å². The SMILES string of the molecule is CC(C)c1ccc(O[C@@]2(c3ccccc3)C(=O)Nc3ccccc32)cc1. The van der Waals surface area contributed by atoms with Gasteiger partial charge in [-0.1, -0.05) is 74.5 Å². The van der Waals surface area contributed by atoms with Gasteiger partial charge >= 0.3 is 0 Å². The first-order valence-electron chi connectivity index (χ1n) is 8.87. The highest BCUT2D eigenvalue weighted by Gasteiger charge is 2.50. The van der Waals surface area contributed by atoms with Crippen molar-refractivity contribution in [3.8, 4) is 5.75 Å². The summed E-state index contributed by atoms with van der Waals surface area (Å²) < 4.78 is 6.41. The second-order valence-electron chi connectivity index (χ2n) is 6.87. The lowest BCUT2D eigenvalue weighted by atomic mass is 9.87. The first-order chi connectivity index (χ1) is 12.6. The molecule has 3 aromatic rings. The lowest BCUT2D eigenvalue weighted by Crippen LogP contribution is -2.41. The zero-order valence-corrected chi connectivity index (χ0v) is 14.9. The highest BCUT2D eigenvalue weighted by molar-refractivity contribution is 6.07. The van der Waals surface area contributed by atoms with Gasteiger partial charge in [0.25, 0.3) is 5.91 Å². The van der Waals surface area contributed by atoms with E-state index >= 15 is 0 Å². The van der Waals surface area contributed by atoms with E-state index in [9.17, 15) is 4.79 Å². The third kappa shape index (κ3) is 2.57. The fraction of sp³-hybridized carbons (Fsp3) is 0.174. The van der Waals surface area contributed by atoms with Crippen molar-refractivity contribution in [3.63, 3.8) is 0 Å². The minimum atomic E-state index is -1.18. The standard InChI is InChI=1S/C23H21NO2/c1-16(2)17-12-14-19(15-13-17)26-23(18-8-4-3-5-9-18)20-10-6-7-11-21(20)24-22(23)25/h3-16H,1-2H3,(H,24,25)/t23-/m1/s1. The molecule has 1 heterocycles. The normalized spacial score (nSPS) is 18.5. The Kier molecular flexibility index (Phi) is 4.00. The molecule has 0 spiro atoms. The van der Waals surface area contributed by atoms with Crippen LogP contribution in [0.2, 0.25) is 0 Å². The maximum atomic E-state index is 13.1. The first-order valence-corrected chi connectivity index (χ1v) is 8.87. The molecule has 130 valence electrons. The van der Waals surface area contributed by atoms with Gasteiger partial charge in [0.15, 0.2) is 0 Å². The number of carbonyl (C=O) groups excluding carboxylic acids is 1. The molecule has 0 aliphatic carbocycles. The predicted octanol–water partition coefficient (Wildman–Crippen LogP) is 5.08. The molecule has 0 fully saturated rings. The number of carbonyl (C=O) groups is 1. The molecular weight excluding hydrogens is 322 g/mol. The number of para-hydroxylation sites is 1. The Balaban J connectivity index is 1.84. The molecule has 0 saturated heterocycles. The van der Waals surface area contributed by atoms with Crippen LogP contribution in [0.25, 0.3) is 0 Å². The molecule has 0 unspecified atom stereocenters. The van der Waals surface area contributed by atoms with Gasteiger partial charge in [0, 0.05) is 16.8 Å². The van der Waals surface area contributed by atoms with E-state index in [-0.39, 0.29) is 5.91 Å². The molecule has 26 heavy (non-hydrogen) atoms. The van der Waals surface area contributed by atoms with Crippen molar-refractivity contribution in [3.05, 3.63) is 95.6 Å². The van der Waals surface area contributed by atoms with E-state index < -0.39 is 5.60 Å². The molecule has 3 aromatic carbocycles. The van der Waals surface area contributed by atoms with E-state index in [1.165, 1.54) is 5.56 Å². The van der Waals surface area contributed by atoms with Gasteiger partial charge in [0.05, 0.1) is 0 Å². The molecule has 1 N–H and O–H groups in total. The number of benzene rings is 3. The molecule has 1 aliphatic rings. The molecule has 1 aliphatic heterocycles. The summed E-state index contributed by atoms with van der Waals surface area (Å²) in [7, 11) is 0. The smallest absolute Gasteiger partial charge is 0.278 e. The average molecular weight is 343 g/mol. The van der Waals surface area contributed by atoms with Gasteiger partial charge in [-0.15, -0.1) is 0 Å². The highest BCUT2D eigenvalue weighted by atomic mass is 16.5. The van der Waals surface area contributed by atoms with E-state index in [1.807, 2.05) is 66.7 Å². The van der Waals surface area contributed by atoms with E-state index in [2.05, 4.69) is 31.3 Å². The van der Waals surface area contributed by atoms with Crippen LogP contribution in [0.5, 0.6) is 5.75 Å². The molecule has 0 radical (unpaired) electrons. The van der Waals surface area contributed by atoms with Crippen molar-refractivity contribution in [1.29, 1.82) is 0 Å². The molecule has 3 heteroatoms. The van der Waals surface area contributed by atoms with Gasteiger partial charge in [-0.05, 0) is 29.7 Å². The number of fused-ring (bicyclic) bond motifs is 1. The van der Waals surface area contributed by atoms with E-state index in [1.54, 1.807) is 0 Å². The summed E-state index contributed by atoms with van der Waals surface area (Å²) >= 11 is 0. The van der Waals surface area contributed by atoms with Crippen molar-refractivity contribution >= 4 is 11.6 Å². The lowest BCUT2D eigenvalue weighted by Gasteiger charge is -2.29. The Bertz CT molecular complexity index is 932. The molecule has 0 saturated carbocycles. The van der Waals surface area contributed by atoms with Crippen LogP contribution >= 0.6 is 0 Å². The van der Waals surface area contributed by atoms with Gasteiger partial charge in [-0.25, -0.2) is 0 Å². The predicted molar refractivity (Wildman–Crippen MR) is 103 cm³/mol. The number of ether oxygens (including phenoxy) is 1. The molecule has 1 amide bonds. The fourth-order valence-electron chi connectivity index (χ4n) is 3.45. The first kappa shape index (κ1) is 16.4. The monoisotopic (exact) mass is 343 g/mol. The second-order valence-corrected chi connectivity index (χ2v) is 6.87. The molecule has 0 bridgehead atoms. The zero-order valence-electron chi connectivity index (χ0n) is 14.9. The van der Waals surface area contributed by atoms with E-state index in [0.29, 0.717) is 11.7 Å². The van der Waals surface area contributed by atoms with Crippen molar-refractivity contribution in [2.24, 2.45) is 0 Å². The number of hydrogen-bond acceptors (Lipinski definition) is 2. The molecule has 0 aromatic heterocycles. The van der Waals surface area contributed by atoms with Gasteiger partial charge < -0.3 is 10.1 Å². The summed E-state index contributed by atoms with van der Waals surface area (Å²) in [4.78, 5) is 13.1. The summed E-state index contributed by atoms with van der Waals surface area (Å²) in [5, 5.41) is 2.97. The van der Waals surface area contributed by atoms with E-state index in [0.717, 1.165) is 16.8 Å². The van der Waals surface area contributed by atoms with Crippen molar-refractivity contribution in [2.75, 3.05) is 5.32 Å².